The maximum absolute atomic E-state index is 11.9. The molecule has 1 aromatic carbocycles. The lowest BCUT2D eigenvalue weighted by Gasteiger charge is -2.31. The Morgan fingerprint density at radius 2 is 2.06 bits per heavy atom. The third kappa shape index (κ3) is 2.95. The van der Waals surface area contributed by atoms with Crippen LogP contribution in [0.4, 0.5) is 4.79 Å². The molecule has 96 valence electrons. The number of carboxylic acids is 1. The van der Waals surface area contributed by atoms with Gasteiger partial charge in [-0.1, -0.05) is 18.2 Å². The summed E-state index contributed by atoms with van der Waals surface area (Å²) in [6, 6.07) is 7.83. The number of benzene rings is 1. The van der Waals surface area contributed by atoms with Crippen molar-refractivity contribution in [3.05, 3.63) is 30.3 Å². The van der Waals surface area contributed by atoms with E-state index in [1.165, 1.54) is 16.7 Å². The van der Waals surface area contributed by atoms with Crippen LogP contribution in [0.3, 0.4) is 0 Å². The van der Waals surface area contributed by atoms with E-state index in [1.807, 2.05) is 6.07 Å². The lowest BCUT2D eigenvalue weighted by Crippen LogP contribution is -2.51. The molecule has 1 aliphatic heterocycles. The first kappa shape index (κ1) is 12.8. The fourth-order valence-electron chi connectivity index (χ4n) is 1.67. The Morgan fingerprint density at radius 1 is 1.33 bits per heavy atom. The molecule has 0 bridgehead atoms. The van der Waals surface area contributed by atoms with Crippen LogP contribution in [-0.2, 0) is 4.79 Å². The van der Waals surface area contributed by atoms with Crippen LogP contribution >= 0.6 is 11.8 Å². The predicted octanol–water partition coefficient (Wildman–Crippen LogP) is 1.69. The highest BCUT2D eigenvalue weighted by atomic mass is 32.2. The molecule has 0 aliphatic carbocycles. The zero-order valence-corrected chi connectivity index (χ0v) is 10.4. The Bertz CT molecular complexity index is 437. The van der Waals surface area contributed by atoms with E-state index in [9.17, 15) is 9.59 Å². The number of carbonyl (C=O) groups is 2. The third-order valence-electron chi connectivity index (χ3n) is 2.60. The molecule has 1 atom stereocenters. The standard InChI is InChI=1S/C12H13NO4S/c14-11(15)10-8-18-7-6-13(10)12(16)17-9-4-2-1-3-5-9/h1-5,10H,6-8H2,(H,14,15). The number of amides is 1. The van der Waals surface area contributed by atoms with Crippen LogP contribution in [0.15, 0.2) is 30.3 Å². The maximum Gasteiger partial charge on any atom is 0.416 e. The molecule has 1 aliphatic rings. The van der Waals surface area contributed by atoms with Gasteiger partial charge in [-0.2, -0.15) is 11.8 Å². The second-order valence-corrected chi connectivity index (χ2v) is 4.95. The average Bonchev–Trinajstić information content (AvgIpc) is 2.40. The highest BCUT2D eigenvalue weighted by Gasteiger charge is 2.33. The van der Waals surface area contributed by atoms with Crippen LogP contribution in [0, 0.1) is 0 Å². The topological polar surface area (TPSA) is 66.8 Å². The van der Waals surface area contributed by atoms with E-state index in [-0.39, 0.29) is 0 Å². The summed E-state index contributed by atoms with van der Waals surface area (Å²) >= 11 is 1.53. The summed E-state index contributed by atoms with van der Waals surface area (Å²) in [5.41, 5.74) is 0. The van der Waals surface area contributed by atoms with E-state index < -0.39 is 18.1 Å². The van der Waals surface area contributed by atoms with Crippen LogP contribution in [0.2, 0.25) is 0 Å². The molecule has 1 fully saturated rings. The molecule has 0 aromatic heterocycles. The summed E-state index contributed by atoms with van der Waals surface area (Å²) in [6.07, 6.45) is -0.603. The fraction of sp³-hybridized carbons (Fsp3) is 0.333. The maximum atomic E-state index is 11.9. The van der Waals surface area contributed by atoms with Gasteiger partial charge in [0.05, 0.1) is 0 Å². The van der Waals surface area contributed by atoms with Gasteiger partial charge < -0.3 is 9.84 Å². The molecule has 1 aromatic rings. The molecular formula is C12H13NO4S. The van der Waals surface area contributed by atoms with Crippen molar-refractivity contribution in [2.75, 3.05) is 18.1 Å². The van der Waals surface area contributed by atoms with Gasteiger partial charge in [-0.25, -0.2) is 9.59 Å². The molecule has 2 rings (SSSR count). The minimum absolute atomic E-state index is 0.396. The minimum Gasteiger partial charge on any atom is -0.480 e. The van der Waals surface area contributed by atoms with Gasteiger partial charge in [0.2, 0.25) is 0 Å². The van der Waals surface area contributed by atoms with Gasteiger partial charge in [0, 0.05) is 18.1 Å². The lowest BCUT2D eigenvalue weighted by atomic mass is 10.3. The summed E-state index contributed by atoms with van der Waals surface area (Å²) in [4.78, 5) is 24.2. The molecule has 1 N–H and O–H groups in total. The van der Waals surface area contributed by atoms with E-state index in [1.54, 1.807) is 24.3 Å². The van der Waals surface area contributed by atoms with E-state index >= 15 is 0 Å². The van der Waals surface area contributed by atoms with E-state index in [2.05, 4.69) is 0 Å². The first-order chi connectivity index (χ1) is 8.68. The zero-order chi connectivity index (χ0) is 13.0. The highest BCUT2D eigenvalue weighted by molar-refractivity contribution is 7.99. The number of aliphatic carboxylic acids is 1. The highest BCUT2D eigenvalue weighted by Crippen LogP contribution is 2.19. The van der Waals surface area contributed by atoms with Crippen LogP contribution in [0.1, 0.15) is 0 Å². The van der Waals surface area contributed by atoms with Gasteiger partial charge in [0.25, 0.3) is 0 Å². The summed E-state index contributed by atoms with van der Waals surface area (Å²) in [5.74, 6) is 0.560. The number of hydrogen-bond acceptors (Lipinski definition) is 4. The van der Waals surface area contributed by atoms with Crippen LogP contribution in [0.25, 0.3) is 0 Å². The van der Waals surface area contributed by atoms with Gasteiger partial charge in [0.15, 0.2) is 0 Å². The number of rotatable bonds is 2. The Balaban J connectivity index is 2.05. The van der Waals surface area contributed by atoms with Crippen molar-refractivity contribution in [1.82, 2.24) is 4.90 Å². The second-order valence-electron chi connectivity index (χ2n) is 3.80. The SMILES string of the molecule is O=C(O)C1CSCCN1C(=O)Oc1ccccc1. The zero-order valence-electron chi connectivity index (χ0n) is 9.61. The number of hydrogen-bond donors (Lipinski definition) is 1. The molecule has 1 unspecified atom stereocenters. The molecule has 1 heterocycles. The smallest absolute Gasteiger partial charge is 0.416 e. The van der Waals surface area contributed by atoms with E-state index in [0.29, 0.717) is 18.0 Å². The first-order valence-electron chi connectivity index (χ1n) is 5.52. The molecule has 5 nitrogen and oxygen atoms in total. The summed E-state index contributed by atoms with van der Waals surface area (Å²) in [7, 11) is 0. The Morgan fingerprint density at radius 3 is 2.72 bits per heavy atom. The number of carboxylic acid groups (broad SMARTS) is 1. The lowest BCUT2D eigenvalue weighted by molar-refractivity contribution is -0.141. The van der Waals surface area contributed by atoms with Gasteiger partial charge in [-0.3, -0.25) is 4.90 Å². The molecule has 18 heavy (non-hydrogen) atoms. The Kier molecular flexibility index (Phi) is 4.09. The number of carbonyl (C=O) groups excluding carboxylic acids is 1. The quantitative estimate of drug-likeness (QED) is 0.883. The van der Waals surface area contributed by atoms with Crippen molar-refractivity contribution < 1.29 is 19.4 Å². The number of para-hydroxylation sites is 1. The van der Waals surface area contributed by atoms with Gasteiger partial charge >= 0.3 is 12.1 Å². The summed E-state index contributed by atoms with van der Waals surface area (Å²) in [6.45, 7) is 0.396. The van der Waals surface area contributed by atoms with E-state index in [0.717, 1.165) is 5.75 Å². The molecule has 1 amide bonds. The molecule has 1 saturated heterocycles. The van der Waals surface area contributed by atoms with Crippen LogP contribution in [0.5, 0.6) is 5.75 Å². The third-order valence-corrected chi connectivity index (χ3v) is 3.62. The number of nitrogens with zero attached hydrogens (tertiary/aromatic N) is 1. The van der Waals surface area contributed by atoms with Crippen molar-refractivity contribution in [3.8, 4) is 5.75 Å². The monoisotopic (exact) mass is 267 g/mol. The second kappa shape index (κ2) is 5.77. The largest absolute Gasteiger partial charge is 0.480 e. The molecule has 0 spiro atoms. The van der Waals surface area contributed by atoms with Crippen molar-refractivity contribution in [1.29, 1.82) is 0 Å². The van der Waals surface area contributed by atoms with Crippen molar-refractivity contribution in [2.45, 2.75) is 6.04 Å². The van der Waals surface area contributed by atoms with Gasteiger partial charge in [-0.15, -0.1) is 0 Å². The first-order valence-corrected chi connectivity index (χ1v) is 6.68. The summed E-state index contributed by atoms with van der Waals surface area (Å²) < 4.78 is 5.15. The molecule has 6 heteroatoms. The molecular weight excluding hydrogens is 254 g/mol. The van der Waals surface area contributed by atoms with Crippen LogP contribution < -0.4 is 4.74 Å². The average molecular weight is 267 g/mol. The van der Waals surface area contributed by atoms with Gasteiger partial charge in [-0.05, 0) is 12.1 Å². The predicted molar refractivity (Wildman–Crippen MR) is 67.9 cm³/mol. The normalized spacial score (nSPS) is 19.3. The van der Waals surface area contributed by atoms with Gasteiger partial charge in [0.1, 0.15) is 11.8 Å². The van der Waals surface area contributed by atoms with Crippen LogP contribution in [-0.4, -0.2) is 46.2 Å². The minimum atomic E-state index is -0.993. The Hall–Kier alpha value is -1.69. The van der Waals surface area contributed by atoms with Crippen molar-refractivity contribution in [2.24, 2.45) is 0 Å². The number of thioether (sulfide) groups is 1. The Labute approximate surface area is 109 Å². The summed E-state index contributed by atoms with van der Waals surface area (Å²) in [5, 5.41) is 9.06. The molecule has 0 radical (unpaired) electrons. The van der Waals surface area contributed by atoms with Crippen molar-refractivity contribution >= 4 is 23.8 Å². The fourth-order valence-corrected chi connectivity index (χ4v) is 2.71. The van der Waals surface area contributed by atoms with Crippen molar-refractivity contribution in [3.63, 3.8) is 0 Å². The van der Waals surface area contributed by atoms with E-state index in [4.69, 9.17) is 9.84 Å². The number of ether oxygens (including phenoxy) is 1. The molecule has 0 saturated carbocycles.